The van der Waals surface area contributed by atoms with E-state index in [1.165, 1.54) is 97.0 Å². The molecule has 2 heterocycles. The van der Waals surface area contributed by atoms with Gasteiger partial charge in [-0.1, -0.05) is 122 Å². The Labute approximate surface area is 284 Å². The van der Waals surface area contributed by atoms with Crippen molar-refractivity contribution in [2.24, 2.45) is 0 Å². The van der Waals surface area contributed by atoms with Crippen LogP contribution in [0.3, 0.4) is 0 Å². The molecule has 48 heavy (non-hydrogen) atoms. The molecule has 9 rings (SSSR count). The molecule has 0 fully saturated rings. The highest BCUT2D eigenvalue weighted by atomic mass is 32.1. The van der Waals surface area contributed by atoms with E-state index in [1.807, 2.05) is 11.3 Å². The van der Waals surface area contributed by atoms with Crippen LogP contribution in [0.25, 0.3) is 80.9 Å². The summed E-state index contributed by atoms with van der Waals surface area (Å²) in [6.07, 6.45) is 17.3. The molecule has 0 N–H and O–H groups in total. The van der Waals surface area contributed by atoms with Crippen LogP contribution in [0.2, 0.25) is 0 Å². The fourth-order valence-electron chi connectivity index (χ4n) is 8.03. The van der Waals surface area contributed by atoms with Crippen molar-refractivity contribution in [1.29, 1.82) is 0 Å². The summed E-state index contributed by atoms with van der Waals surface area (Å²) >= 11 is 1.90. The molecule has 1 aliphatic carbocycles. The fourth-order valence-corrected chi connectivity index (χ4v) is 9.23. The number of nitrogens with zero attached hydrogens (tertiary/aromatic N) is 1. The lowest BCUT2D eigenvalue weighted by atomic mass is 9.86. The van der Waals surface area contributed by atoms with Crippen molar-refractivity contribution in [2.75, 3.05) is 0 Å². The Bertz CT molecular complexity index is 2760. The van der Waals surface area contributed by atoms with Crippen LogP contribution in [0, 0.1) is 6.92 Å². The molecule has 0 radical (unpaired) electrons. The Morgan fingerprint density at radius 1 is 0.729 bits per heavy atom. The van der Waals surface area contributed by atoms with E-state index in [9.17, 15) is 0 Å². The zero-order valence-electron chi connectivity index (χ0n) is 27.3. The number of hydrogen-bond acceptors (Lipinski definition) is 1. The molecular weight excluding hydrogens is 599 g/mol. The van der Waals surface area contributed by atoms with E-state index in [4.69, 9.17) is 0 Å². The van der Waals surface area contributed by atoms with Gasteiger partial charge in [-0.3, -0.25) is 0 Å². The number of para-hydroxylation sites is 1. The SMILES string of the molecule is C=CC1=C(c2c(C)c3ccccc3c3c4ccccc4n(-c4ccc5c(c4)sc4cc(/C=C\C=C/C)c6ccccc6c45)c23)C=CCC1. The molecule has 6 aromatic carbocycles. The van der Waals surface area contributed by atoms with E-state index in [2.05, 4.69) is 165 Å². The van der Waals surface area contributed by atoms with E-state index < -0.39 is 0 Å². The molecule has 1 aliphatic rings. The third-order valence-corrected chi connectivity index (χ3v) is 11.2. The van der Waals surface area contributed by atoms with Gasteiger partial charge in [0.15, 0.2) is 0 Å². The largest absolute Gasteiger partial charge is 0.309 e. The maximum absolute atomic E-state index is 4.25. The van der Waals surface area contributed by atoms with Crippen LogP contribution in [-0.2, 0) is 0 Å². The summed E-state index contributed by atoms with van der Waals surface area (Å²) in [5.41, 5.74) is 10.2. The normalized spacial score (nSPS) is 14.0. The first-order valence-corrected chi connectivity index (χ1v) is 17.6. The van der Waals surface area contributed by atoms with Crippen molar-refractivity contribution in [2.45, 2.75) is 26.7 Å². The third kappa shape index (κ3) is 4.23. The van der Waals surface area contributed by atoms with Gasteiger partial charge in [0.1, 0.15) is 0 Å². The van der Waals surface area contributed by atoms with Gasteiger partial charge in [-0.15, -0.1) is 11.3 Å². The molecule has 2 heteroatoms. The van der Waals surface area contributed by atoms with Gasteiger partial charge in [0, 0.05) is 42.2 Å². The Morgan fingerprint density at radius 2 is 1.46 bits per heavy atom. The lowest BCUT2D eigenvalue weighted by Gasteiger charge is -2.21. The van der Waals surface area contributed by atoms with Gasteiger partial charge < -0.3 is 4.57 Å². The van der Waals surface area contributed by atoms with E-state index in [-0.39, 0.29) is 0 Å². The minimum atomic E-state index is 1.01. The summed E-state index contributed by atoms with van der Waals surface area (Å²) in [5, 5.41) is 10.5. The van der Waals surface area contributed by atoms with Crippen LogP contribution in [0.4, 0.5) is 0 Å². The Balaban J connectivity index is 1.40. The highest BCUT2D eigenvalue weighted by Crippen LogP contribution is 2.46. The van der Waals surface area contributed by atoms with E-state index in [0.29, 0.717) is 0 Å². The predicted octanol–water partition coefficient (Wildman–Crippen LogP) is 13.6. The first-order valence-electron chi connectivity index (χ1n) is 16.8. The number of hydrogen-bond donors (Lipinski definition) is 0. The molecule has 0 saturated heterocycles. The molecule has 0 spiro atoms. The van der Waals surface area contributed by atoms with Crippen molar-refractivity contribution in [1.82, 2.24) is 4.57 Å². The number of fused-ring (bicyclic) bond motifs is 10. The maximum Gasteiger partial charge on any atom is 0.0628 e. The van der Waals surface area contributed by atoms with Crippen molar-refractivity contribution in [3.8, 4) is 5.69 Å². The number of benzene rings is 6. The minimum Gasteiger partial charge on any atom is -0.309 e. The van der Waals surface area contributed by atoms with Crippen LogP contribution in [0.5, 0.6) is 0 Å². The van der Waals surface area contributed by atoms with Crippen LogP contribution in [0.15, 0.2) is 146 Å². The van der Waals surface area contributed by atoms with E-state index in [1.54, 1.807) is 0 Å². The lowest BCUT2D eigenvalue weighted by Crippen LogP contribution is -2.02. The zero-order chi connectivity index (χ0) is 32.4. The predicted molar refractivity (Wildman–Crippen MR) is 213 cm³/mol. The summed E-state index contributed by atoms with van der Waals surface area (Å²) in [6, 6.07) is 36.2. The summed E-state index contributed by atoms with van der Waals surface area (Å²) in [5.74, 6) is 0. The summed E-state index contributed by atoms with van der Waals surface area (Å²) in [4.78, 5) is 0. The first-order chi connectivity index (χ1) is 23.7. The number of thiophene rings is 1. The Morgan fingerprint density at radius 3 is 2.25 bits per heavy atom. The molecule has 0 unspecified atom stereocenters. The second kappa shape index (κ2) is 11.4. The van der Waals surface area contributed by atoms with Crippen LogP contribution in [-0.4, -0.2) is 4.57 Å². The highest BCUT2D eigenvalue weighted by molar-refractivity contribution is 7.26. The molecule has 230 valence electrons. The average molecular weight is 634 g/mol. The maximum atomic E-state index is 4.25. The van der Waals surface area contributed by atoms with Crippen molar-refractivity contribution in [3.05, 3.63) is 162 Å². The summed E-state index contributed by atoms with van der Waals surface area (Å²) < 4.78 is 5.15. The summed E-state index contributed by atoms with van der Waals surface area (Å²) in [7, 11) is 0. The van der Waals surface area contributed by atoms with Gasteiger partial charge in [-0.2, -0.15) is 0 Å². The minimum absolute atomic E-state index is 1.01. The number of allylic oxidation sites excluding steroid dienone is 8. The topological polar surface area (TPSA) is 4.93 Å². The van der Waals surface area contributed by atoms with Gasteiger partial charge in [0.05, 0.1) is 11.0 Å². The van der Waals surface area contributed by atoms with Gasteiger partial charge in [0.25, 0.3) is 0 Å². The molecule has 0 bridgehead atoms. The van der Waals surface area contributed by atoms with Gasteiger partial charge in [-0.25, -0.2) is 0 Å². The zero-order valence-corrected chi connectivity index (χ0v) is 28.1. The molecule has 0 atom stereocenters. The Hall–Kier alpha value is -5.44. The van der Waals surface area contributed by atoms with Crippen molar-refractivity contribution < 1.29 is 0 Å². The number of rotatable bonds is 5. The van der Waals surface area contributed by atoms with Gasteiger partial charge in [0.2, 0.25) is 0 Å². The Kier molecular flexibility index (Phi) is 6.81. The standard InChI is InChI=1S/C46H35NS/c1-4-6-7-17-31-27-42-44(37-22-13-11-19-34(31)37)39-26-25-32(28-41(39)48-42)47-40-24-15-14-23-38(40)45-36-21-12-10-18-33(36)29(3)43(46(45)47)35-20-9-8-16-30(35)5-2/h4-7,9-15,17-28H,2,8,16H2,1,3H3/b6-4-,17-7-. The second-order valence-electron chi connectivity index (χ2n) is 12.8. The summed E-state index contributed by atoms with van der Waals surface area (Å²) in [6.45, 7) is 8.61. The number of aromatic nitrogens is 1. The first kappa shape index (κ1) is 28.8. The molecule has 2 aromatic heterocycles. The van der Waals surface area contributed by atoms with Crippen molar-refractivity contribution >= 4 is 86.5 Å². The average Bonchev–Trinajstić information content (AvgIpc) is 3.67. The highest BCUT2D eigenvalue weighted by Gasteiger charge is 2.24. The molecule has 0 amide bonds. The molecular formula is C46H35NS. The van der Waals surface area contributed by atoms with E-state index in [0.717, 1.165) is 12.8 Å². The third-order valence-electron chi connectivity index (χ3n) is 10.1. The smallest absolute Gasteiger partial charge is 0.0628 e. The molecule has 1 nitrogen and oxygen atoms in total. The lowest BCUT2D eigenvalue weighted by molar-refractivity contribution is 0.996. The van der Waals surface area contributed by atoms with Gasteiger partial charge in [-0.05, 0) is 94.8 Å². The van der Waals surface area contributed by atoms with Crippen LogP contribution >= 0.6 is 11.3 Å². The monoisotopic (exact) mass is 633 g/mol. The fraction of sp³-hybridized carbons (Fsp3) is 0.0870. The van der Waals surface area contributed by atoms with Crippen molar-refractivity contribution in [3.63, 3.8) is 0 Å². The quantitative estimate of drug-likeness (QED) is 0.166. The van der Waals surface area contributed by atoms with E-state index >= 15 is 0 Å². The number of aryl methyl sites for hydroxylation is 1. The van der Waals surface area contributed by atoms with Crippen LogP contribution in [0.1, 0.15) is 36.5 Å². The van der Waals surface area contributed by atoms with Crippen LogP contribution < -0.4 is 0 Å². The molecule has 0 saturated carbocycles. The second-order valence-corrected chi connectivity index (χ2v) is 13.8. The molecule has 8 aromatic rings. The molecule has 0 aliphatic heterocycles. The van der Waals surface area contributed by atoms with Gasteiger partial charge >= 0.3 is 0 Å².